The third-order valence-corrected chi connectivity index (χ3v) is 6.46. The van der Waals surface area contributed by atoms with Crippen LogP contribution in [0.15, 0.2) is 29.2 Å². The monoisotopic (exact) mass is 312 g/mol. The van der Waals surface area contributed by atoms with E-state index in [2.05, 4.69) is 12.2 Å². The van der Waals surface area contributed by atoms with Gasteiger partial charge in [0.2, 0.25) is 10.0 Å². The van der Waals surface area contributed by atoms with Crippen LogP contribution in [0.2, 0.25) is 0 Å². The van der Waals surface area contributed by atoms with Crippen LogP contribution in [0.5, 0.6) is 0 Å². The highest BCUT2D eigenvalue weighted by atomic mass is 32.2. The van der Waals surface area contributed by atoms with Gasteiger partial charge in [-0.05, 0) is 51.4 Å². The molecular weight excluding hydrogens is 284 g/mol. The Morgan fingerprint density at radius 3 is 2.38 bits per heavy atom. The summed E-state index contributed by atoms with van der Waals surface area (Å²) in [5.41, 5.74) is 0.603. The molecule has 1 aromatic carbocycles. The zero-order valence-corrected chi connectivity index (χ0v) is 14.8. The highest BCUT2D eigenvalue weighted by Gasteiger charge is 2.32. The van der Waals surface area contributed by atoms with Crippen LogP contribution in [0, 0.1) is 0 Å². The van der Waals surface area contributed by atoms with Crippen molar-refractivity contribution in [3.05, 3.63) is 29.8 Å². The van der Waals surface area contributed by atoms with Gasteiger partial charge in [-0.3, -0.25) is 0 Å². The molecule has 1 atom stereocenters. The van der Waals surface area contributed by atoms with E-state index in [0.717, 1.165) is 18.4 Å². The molecule has 0 spiro atoms. The summed E-state index contributed by atoms with van der Waals surface area (Å²) in [6, 6.07) is 7.40. The van der Waals surface area contributed by atoms with Gasteiger partial charge in [-0.1, -0.05) is 26.0 Å². The summed E-state index contributed by atoms with van der Waals surface area (Å²) >= 11 is 0. The van der Waals surface area contributed by atoms with Crippen LogP contribution >= 0.6 is 0 Å². The first-order chi connectivity index (χ1) is 9.70. The molecular formula is C16H28N2O2S. The summed E-state index contributed by atoms with van der Waals surface area (Å²) in [7, 11) is 0.0685. The maximum atomic E-state index is 12.8. The molecule has 1 unspecified atom stereocenters. The van der Waals surface area contributed by atoms with Gasteiger partial charge in [-0.15, -0.1) is 0 Å². The van der Waals surface area contributed by atoms with Crippen molar-refractivity contribution in [2.45, 2.75) is 57.0 Å². The Hall–Kier alpha value is -0.910. The van der Waals surface area contributed by atoms with Gasteiger partial charge < -0.3 is 5.32 Å². The highest BCUT2D eigenvalue weighted by Crippen LogP contribution is 2.27. The van der Waals surface area contributed by atoms with Crippen LogP contribution in [-0.2, 0) is 10.0 Å². The first kappa shape index (κ1) is 18.1. The van der Waals surface area contributed by atoms with E-state index in [1.165, 1.54) is 4.31 Å². The zero-order chi connectivity index (χ0) is 16.3. The molecule has 1 aromatic rings. The van der Waals surface area contributed by atoms with Crippen molar-refractivity contribution in [1.82, 2.24) is 9.62 Å². The number of benzene rings is 1. The molecule has 1 N–H and O–H groups in total. The average Bonchev–Trinajstić information content (AvgIpc) is 2.48. The normalized spacial score (nSPS) is 14.4. The van der Waals surface area contributed by atoms with Crippen molar-refractivity contribution in [2.75, 3.05) is 14.1 Å². The van der Waals surface area contributed by atoms with E-state index in [1.807, 2.05) is 40.0 Å². The molecule has 5 heteroatoms. The molecule has 1 rings (SSSR count). The standard InChI is InChI=1S/C16H28N2O2S/c1-7-15(17-5)13-10-9-11-14(12-13)21(19,20)18(6)16(3,4)8-2/h9-12,15,17H,7-8H2,1-6H3. The average molecular weight is 312 g/mol. The van der Waals surface area contributed by atoms with Crippen LogP contribution < -0.4 is 5.32 Å². The second-order valence-electron chi connectivity index (χ2n) is 5.96. The lowest BCUT2D eigenvalue weighted by molar-refractivity contribution is 0.257. The molecule has 0 saturated heterocycles. The molecule has 0 aliphatic carbocycles. The molecule has 120 valence electrons. The minimum absolute atomic E-state index is 0.171. The van der Waals surface area contributed by atoms with E-state index < -0.39 is 15.6 Å². The number of hydrogen-bond donors (Lipinski definition) is 1. The Bertz CT molecular complexity index is 563. The Labute approximate surface area is 129 Å². The van der Waals surface area contributed by atoms with Crippen molar-refractivity contribution in [3.63, 3.8) is 0 Å². The molecule has 0 fully saturated rings. The summed E-state index contributed by atoms with van der Waals surface area (Å²) in [6.07, 6.45) is 1.67. The van der Waals surface area contributed by atoms with E-state index in [0.29, 0.717) is 4.90 Å². The number of nitrogens with zero attached hydrogens (tertiary/aromatic N) is 1. The maximum Gasteiger partial charge on any atom is 0.243 e. The van der Waals surface area contributed by atoms with Crippen molar-refractivity contribution in [1.29, 1.82) is 0 Å². The molecule has 0 bridgehead atoms. The maximum absolute atomic E-state index is 12.8. The molecule has 0 amide bonds. The van der Waals surface area contributed by atoms with Crippen LogP contribution in [0.25, 0.3) is 0 Å². The molecule has 0 heterocycles. The van der Waals surface area contributed by atoms with E-state index in [1.54, 1.807) is 19.2 Å². The van der Waals surface area contributed by atoms with Gasteiger partial charge in [-0.25, -0.2) is 8.42 Å². The van der Waals surface area contributed by atoms with Gasteiger partial charge in [-0.2, -0.15) is 4.31 Å². The summed E-state index contributed by atoms with van der Waals surface area (Å²) in [5, 5.41) is 3.21. The predicted octanol–water partition coefficient (Wildman–Crippen LogP) is 3.17. The van der Waals surface area contributed by atoms with Crippen LogP contribution in [-0.4, -0.2) is 32.4 Å². The third-order valence-electron chi connectivity index (χ3n) is 4.39. The molecule has 21 heavy (non-hydrogen) atoms. The second-order valence-corrected chi connectivity index (χ2v) is 7.93. The summed E-state index contributed by atoms with van der Waals surface area (Å²) in [5.74, 6) is 0. The van der Waals surface area contributed by atoms with Crippen LogP contribution in [0.3, 0.4) is 0 Å². The number of rotatable bonds is 7. The Balaban J connectivity index is 3.24. The van der Waals surface area contributed by atoms with Crippen molar-refractivity contribution in [2.24, 2.45) is 0 Å². The van der Waals surface area contributed by atoms with E-state index in [4.69, 9.17) is 0 Å². The minimum atomic E-state index is -3.48. The highest BCUT2D eigenvalue weighted by molar-refractivity contribution is 7.89. The fraction of sp³-hybridized carbons (Fsp3) is 0.625. The van der Waals surface area contributed by atoms with Crippen LogP contribution in [0.4, 0.5) is 0 Å². The van der Waals surface area contributed by atoms with Gasteiger partial charge in [0.15, 0.2) is 0 Å². The Morgan fingerprint density at radius 1 is 1.29 bits per heavy atom. The molecule has 0 radical (unpaired) electrons. The molecule has 0 aliphatic heterocycles. The summed E-state index contributed by atoms with van der Waals surface area (Å²) in [4.78, 5) is 0.359. The fourth-order valence-electron chi connectivity index (χ4n) is 2.20. The quantitative estimate of drug-likeness (QED) is 0.841. The van der Waals surface area contributed by atoms with E-state index >= 15 is 0 Å². The van der Waals surface area contributed by atoms with Crippen molar-refractivity contribution in [3.8, 4) is 0 Å². The largest absolute Gasteiger partial charge is 0.313 e. The Kier molecular flexibility index (Phi) is 5.96. The predicted molar refractivity (Wildman–Crippen MR) is 87.9 cm³/mol. The zero-order valence-electron chi connectivity index (χ0n) is 14.0. The molecule has 0 aliphatic rings. The van der Waals surface area contributed by atoms with Gasteiger partial charge in [0, 0.05) is 18.6 Å². The smallest absolute Gasteiger partial charge is 0.243 e. The summed E-state index contributed by atoms with van der Waals surface area (Å²) < 4.78 is 27.1. The number of sulfonamides is 1. The van der Waals surface area contributed by atoms with Gasteiger partial charge >= 0.3 is 0 Å². The van der Waals surface area contributed by atoms with Crippen molar-refractivity contribution >= 4 is 10.0 Å². The number of hydrogen-bond acceptors (Lipinski definition) is 3. The van der Waals surface area contributed by atoms with E-state index in [-0.39, 0.29) is 6.04 Å². The lowest BCUT2D eigenvalue weighted by Crippen LogP contribution is -2.44. The molecule has 0 saturated carbocycles. The lowest BCUT2D eigenvalue weighted by Gasteiger charge is -2.33. The SMILES string of the molecule is CCC(NC)c1cccc(S(=O)(=O)N(C)C(C)(C)CC)c1. The van der Waals surface area contributed by atoms with Crippen LogP contribution in [0.1, 0.15) is 52.1 Å². The Morgan fingerprint density at radius 2 is 1.90 bits per heavy atom. The lowest BCUT2D eigenvalue weighted by atomic mass is 10.0. The molecule has 4 nitrogen and oxygen atoms in total. The van der Waals surface area contributed by atoms with Crippen molar-refractivity contribution < 1.29 is 8.42 Å². The number of nitrogens with one attached hydrogen (secondary N) is 1. The topological polar surface area (TPSA) is 49.4 Å². The second kappa shape index (κ2) is 6.90. The molecule has 0 aromatic heterocycles. The van der Waals surface area contributed by atoms with Gasteiger partial charge in [0.25, 0.3) is 0 Å². The van der Waals surface area contributed by atoms with Gasteiger partial charge in [0.05, 0.1) is 4.90 Å². The first-order valence-corrected chi connectivity index (χ1v) is 8.91. The fourth-order valence-corrected chi connectivity index (χ4v) is 3.84. The van der Waals surface area contributed by atoms with Gasteiger partial charge in [0.1, 0.15) is 0 Å². The minimum Gasteiger partial charge on any atom is -0.313 e. The first-order valence-electron chi connectivity index (χ1n) is 7.47. The third kappa shape index (κ3) is 3.84. The van der Waals surface area contributed by atoms with E-state index in [9.17, 15) is 8.42 Å². The summed E-state index contributed by atoms with van der Waals surface area (Å²) in [6.45, 7) is 7.96.